The first-order valence-electron chi connectivity index (χ1n) is 6.62. The topological polar surface area (TPSA) is 90.2 Å². The third-order valence-corrected chi connectivity index (χ3v) is 2.66. The molecule has 2 heterocycles. The molecule has 0 atom stereocenters. The fraction of sp³-hybridized carbons (Fsp3) is 0.286. The lowest BCUT2D eigenvalue weighted by Gasteiger charge is -2.08. The van der Waals surface area contributed by atoms with Crippen LogP contribution in [0, 0.1) is 10.1 Å². The van der Waals surface area contributed by atoms with Gasteiger partial charge in [-0.25, -0.2) is 4.98 Å². The Morgan fingerprint density at radius 3 is 2.95 bits per heavy atom. The second-order valence-electron chi connectivity index (χ2n) is 4.31. The zero-order valence-electron chi connectivity index (χ0n) is 11.7. The van der Waals surface area contributed by atoms with Crippen molar-refractivity contribution < 1.29 is 9.66 Å². The summed E-state index contributed by atoms with van der Waals surface area (Å²) in [5.41, 5.74) is 0.689. The summed E-state index contributed by atoms with van der Waals surface area (Å²) in [4.78, 5) is 18.3. The van der Waals surface area contributed by atoms with Crippen LogP contribution < -0.4 is 10.1 Å². The minimum atomic E-state index is -0.567. The van der Waals surface area contributed by atoms with Gasteiger partial charge < -0.3 is 20.2 Å². The molecule has 0 unspecified atom stereocenters. The third kappa shape index (κ3) is 4.13. The predicted octanol–water partition coefficient (Wildman–Crippen LogP) is 2.79. The van der Waals surface area contributed by atoms with E-state index in [0.717, 1.165) is 18.8 Å². The van der Waals surface area contributed by atoms with Crippen molar-refractivity contribution in [2.24, 2.45) is 0 Å². The molecule has 7 nitrogen and oxygen atoms in total. The Labute approximate surface area is 122 Å². The number of nitrogens with one attached hydrogen (secondary N) is 1. The van der Waals surface area contributed by atoms with E-state index in [9.17, 15) is 10.1 Å². The molecule has 7 heteroatoms. The quantitative estimate of drug-likeness (QED) is 0.622. The number of nitrogens with zero attached hydrogens (tertiary/aromatic N) is 3. The SMILES string of the molecule is CCCNc1cccc(COc2cccnc2[N+](=O)[O-])n1. The second-order valence-corrected chi connectivity index (χ2v) is 4.31. The lowest BCUT2D eigenvalue weighted by atomic mass is 10.3. The minimum absolute atomic E-state index is 0.135. The molecule has 0 bridgehead atoms. The van der Waals surface area contributed by atoms with Crippen molar-refractivity contribution in [3.8, 4) is 5.75 Å². The first-order chi connectivity index (χ1) is 10.2. The molecule has 0 amide bonds. The zero-order chi connectivity index (χ0) is 15.1. The van der Waals surface area contributed by atoms with Crippen LogP contribution in [0.3, 0.4) is 0 Å². The standard InChI is InChI=1S/C14H16N4O3/c1-2-8-15-13-7-3-5-11(17-13)10-21-12-6-4-9-16-14(12)18(19)20/h3-7,9H,2,8,10H2,1H3,(H,15,17). The van der Waals surface area contributed by atoms with Crippen molar-refractivity contribution in [2.75, 3.05) is 11.9 Å². The fourth-order valence-electron chi connectivity index (χ4n) is 1.70. The summed E-state index contributed by atoms with van der Waals surface area (Å²) in [6.45, 7) is 3.06. The number of ether oxygens (including phenoxy) is 1. The van der Waals surface area contributed by atoms with E-state index in [1.165, 1.54) is 12.3 Å². The maximum atomic E-state index is 10.8. The van der Waals surface area contributed by atoms with E-state index in [-0.39, 0.29) is 18.2 Å². The molecule has 0 saturated carbocycles. The van der Waals surface area contributed by atoms with Gasteiger partial charge in [0.05, 0.1) is 5.69 Å². The Morgan fingerprint density at radius 1 is 1.33 bits per heavy atom. The minimum Gasteiger partial charge on any atom is -0.479 e. The number of anilines is 1. The van der Waals surface area contributed by atoms with Crippen LogP contribution >= 0.6 is 0 Å². The fourth-order valence-corrected chi connectivity index (χ4v) is 1.70. The number of aromatic nitrogens is 2. The van der Waals surface area contributed by atoms with Crippen molar-refractivity contribution in [3.05, 3.63) is 52.3 Å². The summed E-state index contributed by atoms with van der Waals surface area (Å²) in [7, 11) is 0. The van der Waals surface area contributed by atoms with E-state index in [0.29, 0.717) is 5.69 Å². The molecule has 0 aliphatic heterocycles. The summed E-state index contributed by atoms with van der Waals surface area (Å²) in [6, 6.07) is 8.64. The van der Waals surface area contributed by atoms with Crippen molar-refractivity contribution in [2.45, 2.75) is 20.0 Å². The zero-order valence-corrected chi connectivity index (χ0v) is 11.7. The lowest BCUT2D eigenvalue weighted by Crippen LogP contribution is -2.05. The number of hydrogen-bond donors (Lipinski definition) is 1. The van der Waals surface area contributed by atoms with E-state index < -0.39 is 4.92 Å². The molecule has 0 radical (unpaired) electrons. The molecule has 2 aromatic rings. The summed E-state index contributed by atoms with van der Waals surface area (Å²) in [5, 5.41) is 14.0. The van der Waals surface area contributed by atoms with Gasteiger partial charge in [0.25, 0.3) is 0 Å². The Balaban J connectivity index is 2.05. The highest BCUT2D eigenvalue weighted by Gasteiger charge is 2.15. The van der Waals surface area contributed by atoms with Crippen LogP contribution in [0.2, 0.25) is 0 Å². The molecule has 0 fully saturated rings. The first kappa shape index (κ1) is 14.7. The van der Waals surface area contributed by atoms with Gasteiger partial charge in [-0.3, -0.25) is 0 Å². The maximum absolute atomic E-state index is 10.8. The lowest BCUT2D eigenvalue weighted by molar-refractivity contribution is -0.390. The Kier molecular flexibility index (Phi) is 5.03. The predicted molar refractivity (Wildman–Crippen MR) is 78.2 cm³/mol. The molecular formula is C14H16N4O3. The van der Waals surface area contributed by atoms with E-state index >= 15 is 0 Å². The monoisotopic (exact) mass is 288 g/mol. The molecule has 1 N–H and O–H groups in total. The largest absolute Gasteiger partial charge is 0.479 e. The molecule has 2 rings (SSSR count). The van der Waals surface area contributed by atoms with Gasteiger partial charge in [0.2, 0.25) is 5.75 Å². The van der Waals surface area contributed by atoms with Crippen LogP contribution in [-0.4, -0.2) is 21.4 Å². The van der Waals surface area contributed by atoms with Gasteiger partial charge in [0.15, 0.2) is 0 Å². The van der Waals surface area contributed by atoms with Gasteiger partial charge in [-0.1, -0.05) is 13.0 Å². The molecule has 0 aromatic carbocycles. The van der Waals surface area contributed by atoms with Crippen molar-refractivity contribution >= 4 is 11.6 Å². The van der Waals surface area contributed by atoms with Gasteiger partial charge in [0, 0.05) is 6.54 Å². The Hall–Kier alpha value is -2.70. The van der Waals surface area contributed by atoms with Gasteiger partial charge in [-0.05, 0) is 40.6 Å². The van der Waals surface area contributed by atoms with Crippen molar-refractivity contribution in [3.63, 3.8) is 0 Å². The summed E-state index contributed by atoms with van der Waals surface area (Å²) in [5.74, 6) is 0.604. The smallest absolute Gasteiger partial charge is 0.406 e. The highest BCUT2D eigenvalue weighted by Crippen LogP contribution is 2.23. The third-order valence-electron chi connectivity index (χ3n) is 2.66. The van der Waals surface area contributed by atoms with Crippen LogP contribution in [0.1, 0.15) is 19.0 Å². The van der Waals surface area contributed by atoms with Crippen molar-refractivity contribution in [1.82, 2.24) is 9.97 Å². The molecule has 2 aromatic heterocycles. The molecule has 0 spiro atoms. The summed E-state index contributed by atoms with van der Waals surface area (Å²) >= 11 is 0. The molecule has 0 aliphatic rings. The Morgan fingerprint density at radius 2 is 2.19 bits per heavy atom. The number of hydrogen-bond acceptors (Lipinski definition) is 6. The molecule has 110 valence electrons. The highest BCUT2D eigenvalue weighted by atomic mass is 16.6. The van der Waals surface area contributed by atoms with E-state index in [1.807, 2.05) is 12.1 Å². The first-order valence-corrected chi connectivity index (χ1v) is 6.62. The molecular weight excluding hydrogens is 272 g/mol. The molecule has 21 heavy (non-hydrogen) atoms. The van der Waals surface area contributed by atoms with Gasteiger partial charge in [-0.2, -0.15) is 0 Å². The molecule has 0 saturated heterocycles. The number of nitro groups is 1. The van der Waals surface area contributed by atoms with E-state index in [4.69, 9.17) is 4.74 Å². The summed E-state index contributed by atoms with van der Waals surface area (Å²) < 4.78 is 5.45. The maximum Gasteiger partial charge on any atom is 0.406 e. The number of rotatable bonds is 7. The van der Waals surface area contributed by atoms with Crippen LogP contribution in [0.25, 0.3) is 0 Å². The average Bonchev–Trinajstić information content (AvgIpc) is 2.51. The van der Waals surface area contributed by atoms with Gasteiger partial charge in [-0.15, -0.1) is 0 Å². The highest BCUT2D eigenvalue weighted by molar-refractivity contribution is 5.39. The van der Waals surface area contributed by atoms with Gasteiger partial charge in [0.1, 0.15) is 18.6 Å². The van der Waals surface area contributed by atoms with Crippen LogP contribution in [0.5, 0.6) is 5.75 Å². The summed E-state index contributed by atoms with van der Waals surface area (Å²) in [6.07, 6.45) is 2.36. The number of pyridine rings is 2. The van der Waals surface area contributed by atoms with Gasteiger partial charge >= 0.3 is 5.82 Å². The van der Waals surface area contributed by atoms with Crippen molar-refractivity contribution in [1.29, 1.82) is 0 Å². The Bertz CT molecular complexity index is 619. The van der Waals surface area contributed by atoms with Crippen LogP contribution in [0.15, 0.2) is 36.5 Å². The second kappa shape index (κ2) is 7.18. The molecule has 0 aliphatic carbocycles. The normalized spacial score (nSPS) is 10.1. The van der Waals surface area contributed by atoms with E-state index in [1.54, 1.807) is 12.1 Å². The van der Waals surface area contributed by atoms with Crippen LogP contribution in [0.4, 0.5) is 11.6 Å². The van der Waals surface area contributed by atoms with Crippen LogP contribution in [-0.2, 0) is 6.61 Å². The van der Waals surface area contributed by atoms with E-state index in [2.05, 4.69) is 22.2 Å². The average molecular weight is 288 g/mol.